The van der Waals surface area contributed by atoms with Crippen LogP contribution < -0.4 is 16.4 Å². The molecule has 6 saturated heterocycles. The molecule has 29 N–H and O–H groups in total. The Balaban J connectivity index is 0.00000259. The van der Waals surface area contributed by atoms with E-state index in [1.807, 2.05) is 16.4 Å². The van der Waals surface area contributed by atoms with Crippen molar-refractivity contribution in [3.05, 3.63) is 0 Å². The molecule has 6 aliphatic rings. The first-order valence-electron chi connectivity index (χ1n) is 30.6. The molecule has 0 aromatic heterocycles. The molecule has 0 saturated carbocycles. The summed E-state index contributed by atoms with van der Waals surface area (Å²) in [4.78, 5) is 3.58. The number of ether oxygens (including phenoxy) is 12. The van der Waals surface area contributed by atoms with Crippen LogP contribution in [0, 0.1) is 10.8 Å². The van der Waals surface area contributed by atoms with Crippen LogP contribution in [0.3, 0.4) is 0 Å². The second kappa shape index (κ2) is 40.0. The smallest absolute Gasteiger partial charge is 0.186 e. The Labute approximate surface area is 542 Å². The van der Waals surface area contributed by atoms with E-state index in [1.54, 1.807) is 13.3 Å². The zero-order valence-electron chi connectivity index (χ0n) is 51.7. The maximum atomic E-state index is 12.2. The molecule has 31 atom stereocenters. The van der Waals surface area contributed by atoms with Gasteiger partial charge in [0, 0.05) is 38.2 Å². The van der Waals surface area contributed by atoms with Crippen LogP contribution in [0.25, 0.3) is 0 Å². The summed E-state index contributed by atoms with van der Waals surface area (Å²) in [5.74, 6) is 0. The monoisotopic (exact) mass is 1400 g/mol. The summed E-state index contributed by atoms with van der Waals surface area (Å²) in [5, 5.41) is 275. The molecule has 0 bridgehead atoms. The van der Waals surface area contributed by atoms with E-state index in [4.69, 9.17) is 62.0 Å². The SMILES string of the molecule is CN=CCNO.OCC1OC(OCC(COC2OC(CO)C(O)C(O)C2O)(COC2OC(CO)C(O)C(O)C2O)C(CCC(O)CC(NO)C(COC2OC(CO)C(O)CC2O)(COC2OC(CO)C(O)C(O)C2O)COC2OC(CO)C(O)C(O)C2O)NO)C(O)CC1O. The van der Waals surface area contributed by atoms with E-state index in [9.17, 15) is 128 Å². The number of aliphatic imine (C=N–C) groups is 1. The summed E-state index contributed by atoms with van der Waals surface area (Å²) >= 11 is 0. The van der Waals surface area contributed by atoms with E-state index < -0.39 is 312 Å². The molecule has 560 valence electrons. The summed E-state index contributed by atoms with van der Waals surface area (Å²) in [5.41, 5.74) is 1.54. The first kappa shape index (κ1) is 83.7. The Hall–Kier alpha value is -1.97. The van der Waals surface area contributed by atoms with Gasteiger partial charge in [0.2, 0.25) is 0 Å². The lowest BCUT2D eigenvalue weighted by atomic mass is 9.77. The fourth-order valence-electron chi connectivity index (χ4n) is 11.3. The second-order valence-corrected chi connectivity index (χ2v) is 24.2. The van der Waals surface area contributed by atoms with E-state index >= 15 is 0 Å². The van der Waals surface area contributed by atoms with Gasteiger partial charge in [0.1, 0.15) is 122 Å². The fourth-order valence-corrected chi connectivity index (χ4v) is 11.3. The first-order chi connectivity index (χ1) is 45.1. The third-order valence-electron chi connectivity index (χ3n) is 17.5. The first-order valence-corrected chi connectivity index (χ1v) is 30.6. The summed E-state index contributed by atoms with van der Waals surface area (Å²) in [6.07, 6.45) is -53.7. The molecule has 6 aliphatic heterocycles. The normalized spacial score (nSPS) is 41.9. The minimum absolute atomic E-state index is 0.427. The highest BCUT2D eigenvalue weighted by Crippen LogP contribution is 2.38. The predicted octanol–water partition coefficient (Wildman–Crippen LogP) is -15.2. The van der Waals surface area contributed by atoms with Crippen LogP contribution in [0.15, 0.2) is 4.99 Å². The van der Waals surface area contributed by atoms with Gasteiger partial charge in [-0.25, -0.2) is 16.4 Å². The molecule has 6 heterocycles. The van der Waals surface area contributed by atoms with Gasteiger partial charge in [-0.05, 0) is 19.3 Å². The van der Waals surface area contributed by atoms with E-state index in [2.05, 4.69) is 4.99 Å². The Kier molecular flexibility index (Phi) is 35.3. The van der Waals surface area contributed by atoms with Crippen molar-refractivity contribution >= 4 is 6.21 Å². The van der Waals surface area contributed by atoms with Crippen molar-refractivity contribution in [2.24, 2.45) is 15.8 Å². The number of hydrogen-bond acceptors (Lipinski definition) is 42. The largest absolute Gasteiger partial charge is 0.394 e. The van der Waals surface area contributed by atoms with Gasteiger partial charge in [-0.3, -0.25) is 4.99 Å². The van der Waals surface area contributed by atoms with E-state index in [0.29, 0.717) is 6.54 Å². The van der Waals surface area contributed by atoms with Gasteiger partial charge in [0.05, 0.1) is 115 Å². The van der Waals surface area contributed by atoms with E-state index in [1.165, 1.54) is 0 Å². The van der Waals surface area contributed by atoms with E-state index in [0.717, 1.165) is 0 Å². The summed E-state index contributed by atoms with van der Waals surface area (Å²) < 4.78 is 69.6. The summed E-state index contributed by atoms with van der Waals surface area (Å²) in [6.45, 7) is -10.6. The zero-order chi connectivity index (χ0) is 70.6. The van der Waals surface area contributed by atoms with Crippen molar-refractivity contribution in [3.8, 4) is 0 Å². The number of hydroxylamine groups is 3. The van der Waals surface area contributed by atoms with E-state index in [-0.39, 0.29) is 0 Å². The molecule has 0 spiro atoms. The number of nitrogens with zero attached hydrogens (tertiary/aromatic N) is 1. The molecule has 42 nitrogen and oxygen atoms in total. The molecule has 0 aromatic carbocycles. The van der Waals surface area contributed by atoms with Gasteiger partial charge in [-0.15, -0.1) is 0 Å². The van der Waals surface area contributed by atoms with Crippen LogP contribution in [-0.2, 0) is 56.8 Å². The van der Waals surface area contributed by atoms with Gasteiger partial charge >= 0.3 is 0 Å². The molecule has 42 heteroatoms. The molecular formula is C53H100N4O38. The minimum atomic E-state index is -2.23. The predicted molar refractivity (Wildman–Crippen MR) is 302 cm³/mol. The molecular weight excluding hydrogens is 1300 g/mol. The van der Waals surface area contributed by atoms with Gasteiger partial charge in [-0.2, -0.15) is 0 Å². The van der Waals surface area contributed by atoms with Crippen molar-refractivity contribution in [1.82, 2.24) is 16.4 Å². The summed E-state index contributed by atoms with van der Waals surface area (Å²) in [7, 11) is 1.65. The maximum Gasteiger partial charge on any atom is 0.186 e. The number of aliphatic hydroxyl groups excluding tert-OH is 23. The van der Waals surface area contributed by atoms with Crippen LogP contribution in [0.2, 0.25) is 0 Å². The molecule has 0 radical (unpaired) electrons. The molecule has 0 aromatic rings. The molecule has 31 unspecified atom stereocenters. The third kappa shape index (κ3) is 21.6. The van der Waals surface area contributed by atoms with Crippen molar-refractivity contribution < 1.29 is 190 Å². The third-order valence-corrected chi connectivity index (χ3v) is 17.5. The van der Waals surface area contributed by atoms with Gasteiger partial charge in [0.15, 0.2) is 37.7 Å². The average Bonchev–Trinajstić information content (AvgIpc) is 0.807. The summed E-state index contributed by atoms with van der Waals surface area (Å²) in [6, 6.07) is -3.45. The standard InChI is InChI=1S/C50H92N2O37.C3H8N2O/c53-6-23-19(60)4-21(62)43(84-23)78-12-49(13-80-45-39(72)35(68)31(64)25(8-55)86-45,14-81-46-40(73)36(69)32(65)26(9-56)87-46)29(51-76)2-1-18(59)3-30(52-77)50(15-79-44-22(63)5-20(61)24(7-54)85-44,16-82-47-41(74)37(70)33(66)27(10-57)88-47)17-83-48-42(75)38(71)34(67)28(11-58)89-48;1-4-2-3-5-6/h18-48,51-77H,1-17H2;2,5-6H,3H2,1H3. The molecule has 95 heavy (non-hydrogen) atoms. The Morgan fingerprint density at radius 3 is 0.905 bits per heavy atom. The van der Waals surface area contributed by atoms with Gasteiger partial charge in [0.25, 0.3) is 0 Å². The number of hydrogen-bond donors (Lipinski definition) is 29. The van der Waals surface area contributed by atoms with Crippen molar-refractivity contribution in [1.29, 1.82) is 0 Å². The van der Waals surface area contributed by atoms with Crippen molar-refractivity contribution in [2.75, 3.05) is 92.9 Å². The lowest BCUT2D eigenvalue weighted by Crippen LogP contribution is -2.62. The highest BCUT2D eigenvalue weighted by atomic mass is 16.7. The Morgan fingerprint density at radius 1 is 0.379 bits per heavy atom. The topological polar surface area (TPSA) is 685 Å². The number of aliphatic hydroxyl groups is 23. The van der Waals surface area contributed by atoms with Crippen LogP contribution in [0.1, 0.15) is 32.1 Å². The Bertz CT molecular complexity index is 2060. The molecule has 0 aliphatic carbocycles. The zero-order valence-corrected chi connectivity index (χ0v) is 51.7. The quantitative estimate of drug-likeness (QED) is 0.0207. The highest BCUT2D eigenvalue weighted by Gasteiger charge is 2.54. The van der Waals surface area contributed by atoms with Crippen LogP contribution in [-0.4, -0.2) is 422 Å². The lowest BCUT2D eigenvalue weighted by molar-refractivity contribution is -0.329. The fraction of sp³-hybridized carbons (Fsp3) is 0.981. The number of nitrogens with one attached hydrogen (secondary N) is 3. The molecule has 6 rings (SSSR count). The van der Waals surface area contributed by atoms with Gasteiger partial charge in [-0.1, -0.05) is 0 Å². The minimum Gasteiger partial charge on any atom is -0.394 e. The lowest BCUT2D eigenvalue weighted by Gasteiger charge is -2.46. The van der Waals surface area contributed by atoms with Crippen LogP contribution in [0.4, 0.5) is 0 Å². The number of rotatable bonds is 35. The van der Waals surface area contributed by atoms with Crippen molar-refractivity contribution in [3.63, 3.8) is 0 Å². The van der Waals surface area contributed by atoms with Crippen molar-refractivity contribution in [2.45, 2.75) is 222 Å². The second-order valence-electron chi connectivity index (χ2n) is 24.2. The Morgan fingerprint density at radius 2 is 0.653 bits per heavy atom. The van der Waals surface area contributed by atoms with Crippen LogP contribution >= 0.6 is 0 Å². The van der Waals surface area contributed by atoms with Crippen LogP contribution in [0.5, 0.6) is 0 Å². The average molecular weight is 1400 g/mol. The molecule has 6 fully saturated rings. The van der Waals surface area contributed by atoms with Gasteiger partial charge < -0.3 is 190 Å². The maximum absolute atomic E-state index is 12.2. The molecule has 0 amide bonds. The highest BCUT2D eigenvalue weighted by molar-refractivity contribution is 5.58.